The largest absolute Gasteiger partial charge is 0.464 e. The van der Waals surface area contributed by atoms with E-state index in [0.29, 0.717) is 6.04 Å². The number of hydrogen-bond acceptors (Lipinski definition) is 5. The molecule has 0 unspecified atom stereocenters. The molecule has 0 saturated carbocycles. The molecule has 4 heterocycles. The number of rotatable bonds is 3. The van der Waals surface area contributed by atoms with Gasteiger partial charge in [0.05, 0.1) is 5.69 Å². The maximum Gasteiger partial charge on any atom is 0.161 e. The van der Waals surface area contributed by atoms with Gasteiger partial charge in [-0.2, -0.15) is 0 Å². The summed E-state index contributed by atoms with van der Waals surface area (Å²) in [7, 11) is 0. The molecule has 3 atom stereocenters. The second-order valence-electron chi connectivity index (χ2n) is 5.78. The van der Waals surface area contributed by atoms with Crippen LogP contribution in [0.5, 0.6) is 0 Å². The topological polar surface area (TPSA) is 41.6 Å². The third kappa shape index (κ3) is 2.15. The second-order valence-corrected chi connectivity index (χ2v) is 6.77. The van der Waals surface area contributed by atoms with Gasteiger partial charge in [0.1, 0.15) is 23.6 Å². The SMILES string of the molecule is CC[C@@H]1CSC2=N[C@H](c3ccccn3)[C@H](c3ccc(C)o3)N21. The van der Waals surface area contributed by atoms with E-state index in [9.17, 15) is 0 Å². The van der Waals surface area contributed by atoms with Gasteiger partial charge in [0.25, 0.3) is 0 Å². The van der Waals surface area contributed by atoms with Crippen molar-refractivity contribution in [3.63, 3.8) is 0 Å². The number of aliphatic imine (C=N–C) groups is 1. The van der Waals surface area contributed by atoms with Crippen LogP contribution >= 0.6 is 11.8 Å². The summed E-state index contributed by atoms with van der Waals surface area (Å²) in [5, 5.41) is 1.14. The van der Waals surface area contributed by atoms with Crippen molar-refractivity contribution in [3.8, 4) is 0 Å². The van der Waals surface area contributed by atoms with Crippen LogP contribution in [0.1, 0.15) is 42.6 Å². The van der Waals surface area contributed by atoms with Crippen LogP contribution in [0.25, 0.3) is 0 Å². The number of furan rings is 1. The summed E-state index contributed by atoms with van der Waals surface area (Å²) in [4.78, 5) is 12.0. The predicted octanol–water partition coefficient (Wildman–Crippen LogP) is 3.96. The monoisotopic (exact) mass is 313 g/mol. The van der Waals surface area contributed by atoms with E-state index in [4.69, 9.17) is 9.41 Å². The number of pyridine rings is 1. The van der Waals surface area contributed by atoms with E-state index in [-0.39, 0.29) is 12.1 Å². The van der Waals surface area contributed by atoms with E-state index in [1.165, 1.54) is 0 Å². The number of aryl methyl sites for hydroxylation is 1. The molecule has 2 aliphatic heterocycles. The minimum atomic E-state index is 0.0172. The summed E-state index contributed by atoms with van der Waals surface area (Å²) in [5.74, 6) is 3.05. The molecule has 0 radical (unpaired) electrons. The Morgan fingerprint density at radius 2 is 2.23 bits per heavy atom. The van der Waals surface area contributed by atoms with Crippen LogP contribution < -0.4 is 0 Å². The van der Waals surface area contributed by atoms with Gasteiger partial charge in [-0.25, -0.2) is 4.99 Å². The number of thioether (sulfide) groups is 1. The molecule has 0 aromatic carbocycles. The Morgan fingerprint density at radius 1 is 1.32 bits per heavy atom. The average Bonchev–Trinajstić information content (AvgIpc) is 3.22. The molecular weight excluding hydrogens is 294 g/mol. The molecule has 0 N–H and O–H groups in total. The van der Waals surface area contributed by atoms with Gasteiger partial charge in [-0.05, 0) is 37.6 Å². The van der Waals surface area contributed by atoms with E-state index in [1.807, 2.05) is 43.1 Å². The fourth-order valence-electron chi connectivity index (χ4n) is 3.27. The Kier molecular flexibility index (Phi) is 3.45. The molecule has 5 heteroatoms. The van der Waals surface area contributed by atoms with E-state index in [1.54, 1.807) is 0 Å². The van der Waals surface area contributed by atoms with E-state index in [2.05, 4.69) is 28.9 Å². The van der Waals surface area contributed by atoms with Gasteiger partial charge in [0.15, 0.2) is 5.17 Å². The molecule has 1 fully saturated rings. The van der Waals surface area contributed by atoms with Crippen LogP contribution in [-0.4, -0.2) is 26.8 Å². The maximum absolute atomic E-state index is 5.97. The Balaban J connectivity index is 1.78. The number of amidine groups is 1. The van der Waals surface area contributed by atoms with Crippen molar-refractivity contribution in [3.05, 3.63) is 53.7 Å². The first-order valence-electron chi connectivity index (χ1n) is 7.74. The molecule has 0 bridgehead atoms. The molecule has 0 spiro atoms. The lowest BCUT2D eigenvalue weighted by atomic mass is 10.0. The zero-order valence-corrected chi connectivity index (χ0v) is 13.6. The van der Waals surface area contributed by atoms with Gasteiger partial charge in [-0.3, -0.25) is 4.98 Å². The predicted molar refractivity (Wildman–Crippen MR) is 89.0 cm³/mol. The second kappa shape index (κ2) is 5.47. The molecule has 2 aromatic heterocycles. The van der Waals surface area contributed by atoms with Crippen molar-refractivity contribution in [1.29, 1.82) is 0 Å². The molecule has 4 nitrogen and oxygen atoms in total. The molecule has 2 aliphatic rings. The lowest BCUT2D eigenvalue weighted by molar-refractivity contribution is 0.223. The third-order valence-electron chi connectivity index (χ3n) is 4.38. The average molecular weight is 313 g/mol. The molecule has 2 aromatic rings. The van der Waals surface area contributed by atoms with Crippen LogP contribution in [0.2, 0.25) is 0 Å². The summed E-state index contributed by atoms with van der Waals surface area (Å²) in [6.45, 7) is 4.23. The summed E-state index contributed by atoms with van der Waals surface area (Å²) in [6.07, 6.45) is 2.96. The number of hydrogen-bond donors (Lipinski definition) is 0. The van der Waals surface area contributed by atoms with Crippen molar-refractivity contribution >= 4 is 16.9 Å². The number of nitrogens with zero attached hydrogens (tertiary/aromatic N) is 3. The van der Waals surface area contributed by atoms with Crippen LogP contribution in [0.15, 0.2) is 45.9 Å². The normalized spacial score (nSPS) is 27.1. The smallest absolute Gasteiger partial charge is 0.161 e. The van der Waals surface area contributed by atoms with E-state index >= 15 is 0 Å². The van der Waals surface area contributed by atoms with Crippen LogP contribution in [0.4, 0.5) is 0 Å². The quantitative estimate of drug-likeness (QED) is 0.860. The van der Waals surface area contributed by atoms with E-state index < -0.39 is 0 Å². The molecule has 0 amide bonds. The summed E-state index contributed by atoms with van der Waals surface area (Å²) in [6, 6.07) is 10.8. The summed E-state index contributed by atoms with van der Waals surface area (Å²) in [5.41, 5.74) is 1.01. The van der Waals surface area contributed by atoms with Crippen molar-refractivity contribution in [2.75, 3.05) is 5.75 Å². The van der Waals surface area contributed by atoms with Crippen LogP contribution in [-0.2, 0) is 0 Å². The molecule has 1 saturated heterocycles. The van der Waals surface area contributed by atoms with Gasteiger partial charge in [0, 0.05) is 18.0 Å². The Morgan fingerprint density at radius 3 is 2.91 bits per heavy atom. The first-order valence-corrected chi connectivity index (χ1v) is 8.72. The number of fused-ring (bicyclic) bond motifs is 1. The first kappa shape index (κ1) is 13.9. The fraction of sp³-hybridized carbons (Fsp3) is 0.412. The molecular formula is C17H19N3OS. The van der Waals surface area contributed by atoms with Crippen LogP contribution in [0.3, 0.4) is 0 Å². The lowest BCUT2D eigenvalue weighted by Gasteiger charge is -2.30. The lowest BCUT2D eigenvalue weighted by Crippen LogP contribution is -2.35. The van der Waals surface area contributed by atoms with E-state index in [0.717, 1.165) is 34.6 Å². The standard InChI is InChI=1S/C17H19N3OS/c1-3-12-10-22-17-19-15(13-6-4-5-9-18-13)16(20(12)17)14-8-7-11(2)21-14/h4-9,12,15-16H,3,10H2,1-2H3/t12-,15-,16+/m1/s1. The zero-order valence-electron chi connectivity index (χ0n) is 12.8. The van der Waals surface area contributed by atoms with Gasteiger partial charge in [-0.15, -0.1) is 0 Å². The minimum absolute atomic E-state index is 0.0172. The van der Waals surface area contributed by atoms with Crippen molar-refractivity contribution in [2.45, 2.75) is 38.4 Å². The molecule has 114 valence electrons. The van der Waals surface area contributed by atoms with Gasteiger partial charge in [0.2, 0.25) is 0 Å². The highest BCUT2D eigenvalue weighted by atomic mass is 32.2. The summed E-state index contributed by atoms with van der Waals surface area (Å²) >= 11 is 1.86. The Bertz CT molecular complexity index is 697. The van der Waals surface area contributed by atoms with Gasteiger partial charge < -0.3 is 9.32 Å². The molecule has 0 aliphatic carbocycles. The third-order valence-corrected chi connectivity index (χ3v) is 5.51. The highest BCUT2D eigenvalue weighted by Gasteiger charge is 2.46. The zero-order chi connectivity index (χ0) is 15.1. The molecule has 4 rings (SSSR count). The van der Waals surface area contributed by atoms with Crippen LogP contribution in [0, 0.1) is 6.92 Å². The Hall–Kier alpha value is -1.75. The molecule has 22 heavy (non-hydrogen) atoms. The minimum Gasteiger partial charge on any atom is -0.464 e. The van der Waals surface area contributed by atoms with Gasteiger partial charge >= 0.3 is 0 Å². The maximum atomic E-state index is 5.97. The van der Waals surface area contributed by atoms with Gasteiger partial charge in [-0.1, -0.05) is 24.8 Å². The highest BCUT2D eigenvalue weighted by molar-refractivity contribution is 8.14. The highest BCUT2D eigenvalue weighted by Crippen LogP contribution is 2.48. The Labute approximate surface area is 134 Å². The first-order chi connectivity index (χ1) is 10.8. The van der Waals surface area contributed by atoms with Crippen molar-refractivity contribution in [2.24, 2.45) is 4.99 Å². The fourth-order valence-corrected chi connectivity index (χ4v) is 4.61. The van der Waals surface area contributed by atoms with Crippen molar-refractivity contribution < 1.29 is 4.42 Å². The van der Waals surface area contributed by atoms with Crippen molar-refractivity contribution in [1.82, 2.24) is 9.88 Å². The number of aromatic nitrogens is 1. The summed E-state index contributed by atoms with van der Waals surface area (Å²) < 4.78 is 5.97.